The Morgan fingerprint density at radius 1 is 0.944 bits per heavy atom. The van der Waals surface area contributed by atoms with Crippen molar-refractivity contribution in [3.63, 3.8) is 0 Å². The van der Waals surface area contributed by atoms with Crippen molar-refractivity contribution in [1.82, 2.24) is 0 Å². The molecule has 0 unspecified atom stereocenters. The number of para-hydroxylation sites is 1. The van der Waals surface area contributed by atoms with Gasteiger partial charge < -0.3 is 10.6 Å². The Kier molecular flexibility index (Phi) is 4.31. The van der Waals surface area contributed by atoms with E-state index in [0.717, 1.165) is 18.7 Å². The van der Waals surface area contributed by atoms with E-state index in [0.29, 0.717) is 5.11 Å². The lowest BCUT2D eigenvalue weighted by Crippen LogP contribution is -2.37. The normalized spacial score (nSPS) is 10.0. The number of nitrogens with two attached hydrogens (primary N) is 1. The first-order chi connectivity index (χ1) is 8.77. The summed E-state index contributed by atoms with van der Waals surface area (Å²) in [6, 6.07) is 20.3. The zero-order valence-electron chi connectivity index (χ0n) is 10.1. The van der Waals surface area contributed by atoms with E-state index < -0.39 is 0 Å². The lowest BCUT2D eigenvalue weighted by atomic mass is 10.1. The van der Waals surface area contributed by atoms with Gasteiger partial charge in [0.2, 0.25) is 0 Å². The lowest BCUT2D eigenvalue weighted by Gasteiger charge is -2.22. The fourth-order valence-corrected chi connectivity index (χ4v) is 2.06. The van der Waals surface area contributed by atoms with Crippen LogP contribution >= 0.6 is 12.2 Å². The highest BCUT2D eigenvalue weighted by atomic mass is 32.1. The Hall–Kier alpha value is -1.87. The van der Waals surface area contributed by atoms with Crippen LogP contribution in [0.3, 0.4) is 0 Å². The monoisotopic (exact) mass is 256 g/mol. The van der Waals surface area contributed by atoms with Gasteiger partial charge in [0.15, 0.2) is 5.11 Å². The zero-order valence-corrected chi connectivity index (χ0v) is 10.9. The van der Waals surface area contributed by atoms with Gasteiger partial charge in [-0.25, -0.2) is 0 Å². The van der Waals surface area contributed by atoms with Crippen LogP contribution in [-0.4, -0.2) is 11.7 Å². The van der Waals surface area contributed by atoms with Crippen LogP contribution in [0.25, 0.3) is 0 Å². The van der Waals surface area contributed by atoms with Crippen molar-refractivity contribution in [2.75, 3.05) is 11.4 Å². The maximum absolute atomic E-state index is 5.79. The van der Waals surface area contributed by atoms with Gasteiger partial charge in [-0.3, -0.25) is 0 Å². The van der Waals surface area contributed by atoms with E-state index in [-0.39, 0.29) is 0 Å². The van der Waals surface area contributed by atoms with Crippen molar-refractivity contribution < 1.29 is 0 Å². The molecular weight excluding hydrogens is 240 g/mol. The molecular formula is C15H16N2S. The second kappa shape index (κ2) is 6.17. The highest BCUT2D eigenvalue weighted by molar-refractivity contribution is 7.80. The molecule has 0 spiro atoms. The molecule has 0 radical (unpaired) electrons. The number of rotatable bonds is 4. The van der Waals surface area contributed by atoms with Crippen molar-refractivity contribution in [3.8, 4) is 0 Å². The SMILES string of the molecule is NC(=S)N(CCc1ccccc1)c1ccccc1. The van der Waals surface area contributed by atoms with Crippen molar-refractivity contribution in [2.24, 2.45) is 5.73 Å². The fraction of sp³-hybridized carbons (Fsp3) is 0.133. The van der Waals surface area contributed by atoms with Crippen molar-refractivity contribution in [2.45, 2.75) is 6.42 Å². The molecule has 2 rings (SSSR count). The third-order valence-electron chi connectivity index (χ3n) is 2.80. The molecule has 2 nitrogen and oxygen atoms in total. The summed E-state index contributed by atoms with van der Waals surface area (Å²) >= 11 is 5.12. The van der Waals surface area contributed by atoms with Crippen LogP contribution in [0.1, 0.15) is 5.56 Å². The molecule has 0 fully saturated rings. The van der Waals surface area contributed by atoms with Gasteiger partial charge in [-0.05, 0) is 36.3 Å². The molecule has 0 atom stereocenters. The minimum atomic E-state index is 0.414. The molecule has 2 aromatic rings. The molecule has 0 saturated carbocycles. The molecule has 0 aliphatic heterocycles. The summed E-state index contributed by atoms with van der Waals surface area (Å²) in [7, 11) is 0. The molecule has 92 valence electrons. The van der Waals surface area contributed by atoms with Crippen molar-refractivity contribution in [1.29, 1.82) is 0 Å². The van der Waals surface area contributed by atoms with Crippen LogP contribution in [0.15, 0.2) is 60.7 Å². The van der Waals surface area contributed by atoms with E-state index in [1.165, 1.54) is 5.56 Å². The first-order valence-electron chi connectivity index (χ1n) is 5.93. The minimum absolute atomic E-state index is 0.414. The standard InChI is InChI=1S/C15H16N2S/c16-15(18)17(14-9-5-2-6-10-14)12-11-13-7-3-1-4-8-13/h1-10H,11-12H2,(H2,16,18). The van der Waals surface area contributed by atoms with E-state index in [9.17, 15) is 0 Å². The maximum Gasteiger partial charge on any atom is 0.170 e. The van der Waals surface area contributed by atoms with Crippen LogP contribution in [-0.2, 0) is 6.42 Å². The van der Waals surface area contributed by atoms with Crippen LogP contribution in [0.4, 0.5) is 5.69 Å². The molecule has 2 N–H and O–H groups in total. The molecule has 0 aliphatic rings. The lowest BCUT2D eigenvalue weighted by molar-refractivity contribution is 0.935. The fourth-order valence-electron chi connectivity index (χ4n) is 1.86. The average molecular weight is 256 g/mol. The predicted octanol–water partition coefficient (Wildman–Crippen LogP) is 2.98. The predicted molar refractivity (Wildman–Crippen MR) is 80.7 cm³/mol. The number of hydrogen-bond acceptors (Lipinski definition) is 1. The Morgan fingerprint density at radius 2 is 1.50 bits per heavy atom. The first-order valence-corrected chi connectivity index (χ1v) is 6.34. The number of hydrogen-bond donors (Lipinski definition) is 1. The Bertz CT molecular complexity index is 496. The van der Waals surface area contributed by atoms with Crippen molar-refractivity contribution in [3.05, 3.63) is 66.2 Å². The van der Waals surface area contributed by atoms with Crippen LogP contribution in [0.5, 0.6) is 0 Å². The van der Waals surface area contributed by atoms with E-state index in [2.05, 4.69) is 12.1 Å². The summed E-state index contributed by atoms with van der Waals surface area (Å²) in [6.45, 7) is 0.795. The molecule has 0 bridgehead atoms. The second-order valence-corrected chi connectivity index (χ2v) is 4.48. The van der Waals surface area contributed by atoms with E-state index in [1.54, 1.807) is 0 Å². The van der Waals surface area contributed by atoms with Gasteiger partial charge in [0.05, 0.1) is 0 Å². The summed E-state index contributed by atoms with van der Waals surface area (Å²) in [5.74, 6) is 0. The Morgan fingerprint density at radius 3 is 2.06 bits per heavy atom. The Balaban J connectivity index is 2.06. The number of anilines is 1. The van der Waals surface area contributed by atoms with E-state index in [1.807, 2.05) is 53.4 Å². The Labute approximate surface area is 113 Å². The highest BCUT2D eigenvalue weighted by Crippen LogP contribution is 2.14. The topological polar surface area (TPSA) is 29.3 Å². The molecule has 0 aromatic heterocycles. The summed E-state index contributed by atoms with van der Waals surface area (Å²) in [5, 5.41) is 0.414. The average Bonchev–Trinajstić information content (AvgIpc) is 2.41. The molecule has 0 saturated heterocycles. The molecule has 0 amide bonds. The molecule has 18 heavy (non-hydrogen) atoms. The maximum atomic E-state index is 5.79. The third-order valence-corrected chi connectivity index (χ3v) is 3.02. The summed E-state index contributed by atoms with van der Waals surface area (Å²) in [4.78, 5) is 1.96. The van der Waals surface area contributed by atoms with Gasteiger partial charge in [0, 0.05) is 12.2 Å². The van der Waals surface area contributed by atoms with Gasteiger partial charge in [0.25, 0.3) is 0 Å². The number of thiocarbonyl (C=S) groups is 1. The first kappa shape index (κ1) is 12.6. The molecule has 3 heteroatoms. The highest BCUT2D eigenvalue weighted by Gasteiger charge is 2.08. The van der Waals surface area contributed by atoms with Gasteiger partial charge >= 0.3 is 0 Å². The summed E-state index contributed by atoms with van der Waals surface area (Å²) < 4.78 is 0. The molecule has 2 aromatic carbocycles. The molecule has 0 heterocycles. The van der Waals surface area contributed by atoms with Crippen LogP contribution in [0.2, 0.25) is 0 Å². The van der Waals surface area contributed by atoms with Gasteiger partial charge in [-0.2, -0.15) is 0 Å². The van der Waals surface area contributed by atoms with Gasteiger partial charge in [0.1, 0.15) is 0 Å². The van der Waals surface area contributed by atoms with Crippen molar-refractivity contribution >= 4 is 23.0 Å². The molecule has 0 aliphatic carbocycles. The van der Waals surface area contributed by atoms with Gasteiger partial charge in [-0.15, -0.1) is 0 Å². The smallest absolute Gasteiger partial charge is 0.170 e. The van der Waals surface area contributed by atoms with Crippen LogP contribution in [0, 0.1) is 0 Å². The summed E-state index contributed by atoms with van der Waals surface area (Å²) in [6.07, 6.45) is 0.924. The van der Waals surface area contributed by atoms with E-state index in [4.69, 9.17) is 18.0 Å². The largest absolute Gasteiger partial charge is 0.376 e. The van der Waals surface area contributed by atoms with Gasteiger partial charge in [-0.1, -0.05) is 48.5 Å². The minimum Gasteiger partial charge on any atom is -0.376 e. The number of benzene rings is 2. The summed E-state index contributed by atoms with van der Waals surface area (Å²) in [5.41, 5.74) is 8.12. The number of nitrogens with zero attached hydrogens (tertiary/aromatic N) is 1. The van der Waals surface area contributed by atoms with Crippen LogP contribution < -0.4 is 10.6 Å². The zero-order chi connectivity index (χ0) is 12.8. The quantitative estimate of drug-likeness (QED) is 0.853. The second-order valence-electron chi connectivity index (χ2n) is 4.06. The third kappa shape index (κ3) is 3.31. The van der Waals surface area contributed by atoms with E-state index >= 15 is 0 Å².